The maximum Gasteiger partial charge on any atom is 0.126 e. The van der Waals surface area contributed by atoms with Crippen LogP contribution in [0.5, 0.6) is 5.75 Å². The van der Waals surface area contributed by atoms with Gasteiger partial charge in [0.05, 0.1) is 6.61 Å². The van der Waals surface area contributed by atoms with E-state index in [1.807, 2.05) is 30.3 Å². The van der Waals surface area contributed by atoms with Gasteiger partial charge in [0, 0.05) is 22.8 Å². The van der Waals surface area contributed by atoms with E-state index < -0.39 is 0 Å². The van der Waals surface area contributed by atoms with Crippen molar-refractivity contribution in [3.8, 4) is 5.75 Å². The summed E-state index contributed by atoms with van der Waals surface area (Å²) in [5, 5.41) is 3.29. The van der Waals surface area contributed by atoms with Gasteiger partial charge in [0.25, 0.3) is 0 Å². The van der Waals surface area contributed by atoms with Crippen LogP contribution in [0.1, 0.15) is 18.9 Å². The molecular formula is C15H17BrN2O. The second-order valence-electron chi connectivity index (χ2n) is 4.17. The summed E-state index contributed by atoms with van der Waals surface area (Å²) >= 11 is 3.49. The van der Waals surface area contributed by atoms with Gasteiger partial charge in [-0.05, 0) is 36.8 Å². The smallest absolute Gasteiger partial charge is 0.126 e. The molecule has 19 heavy (non-hydrogen) atoms. The number of hydrogen-bond donors (Lipinski definition) is 1. The number of rotatable bonds is 6. The van der Waals surface area contributed by atoms with Crippen LogP contribution in [0.15, 0.2) is 47.1 Å². The number of halogens is 1. The van der Waals surface area contributed by atoms with Crippen LogP contribution >= 0.6 is 15.9 Å². The van der Waals surface area contributed by atoms with Gasteiger partial charge in [0.1, 0.15) is 11.6 Å². The normalized spacial score (nSPS) is 10.2. The molecule has 0 aliphatic heterocycles. The van der Waals surface area contributed by atoms with E-state index >= 15 is 0 Å². The molecule has 0 saturated heterocycles. The first-order chi connectivity index (χ1) is 9.29. The van der Waals surface area contributed by atoms with Gasteiger partial charge in [-0.25, -0.2) is 4.98 Å². The minimum Gasteiger partial charge on any atom is -0.493 e. The molecule has 0 atom stereocenters. The van der Waals surface area contributed by atoms with Crippen molar-refractivity contribution in [1.82, 2.24) is 4.98 Å². The Kier molecular flexibility index (Phi) is 5.21. The topological polar surface area (TPSA) is 34.1 Å². The van der Waals surface area contributed by atoms with Crippen LogP contribution in [0.2, 0.25) is 0 Å². The molecule has 100 valence electrons. The highest BCUT2D eigenvalue weighted by molar-refractivity contribution is 9.10. The third-order valence-electron chi connectivity index (χ3n) is 2.61. The highest BCUT2D eigenvalue weighted by Gasteiger charge is 2.05. The maximum atomic E-state index is 5.75. The lowest BCUT2D eigenvalue weighted by Gasteiger charge is -2.12. The number of pyridine rings is 1. The Hall–Kier alpha value is -1.55. The second-order valence-corrected chi connectivity index (χ2v) is 5.08. The predicted molar refractivity (Wildman–Crippen MR) is 81.5 cm³/mol. The Morgan fingerprint density at radius 2 is 2.16 bits per heavy atom. The predicted octanol–water partition coefficient (Wildman–Crippen LogP) is 4.25. The van der Waals surface area contributed by atoms with E-state index in [0.29, 0.717) is 6.54 Å². The molecule has 4 heteroatoms. The van der Waals surface area contributed by atoms with E-state index in [0.717, 1.165) is 34.6 Å². The lowest BCUT2D eigenvalue weighted by Crippen LogP contribution is -2.05. The number of nitrogens with zero attached hydrogens (tertiary/aromatic N) is 1. The Balaban J connectivity index is 2.07. The summed E-state index contributed by atoms with van der Waals surface area (Å²) < 4.78 is 6.80. The van der Waals surface area contributed by atoms with E-state index in [-0.39, 0.29) is 0 Å². The van der Waals surface area contributed by atoms with Crippen molar-refractivity contribution < 1.29 is 4.74 Å². The number of ether oxygens (including phenoxy) is 1. The summed E-state index contributed by atoms with van der Waals surface area (Å²) in [7, 11) is 0. The van der Waals surface area contributed by atoms with Crippen LogP contribution in [-0.2, 0) is 6.54 Å². The molecule has 1 heterocycles. The van der Waals surface area contributed by atoms with Crippen molar-refractivity contribution in [2.24, 2.45) is 0 Å². The quantitative estimate of drug-likeness (QED) is 0.864. The summed E-state index contributed by atoms with van der Waals surface area (Å²) in [5.41, 5.74) is 1.12. The largest absolute Gasteiger partial charge is 0.493 e. The van der Waals surface area contributed by atoms with Crippen LogP contribution in [0, 0.1) is 0 Å². The molecule has 1 N–H and O–H groups in total. The second kappa shape index (κ2) is 7.14. The van der Waals surface area contributed by atoms with E-state index in [4.69, 9.17) is 4.74 Å². The standard InChI is InChI=1S/C15H17BrN2O/c1-2-9-19-14-7-6-13(16)10-12(14)11-18-15-5-3-4-8-17-15/h3-8,10H,2,9,11H2,1H3,(H,17,18). The van der Waals surface area contributed by atoms with E-state index in [1.54, 1.807) is 6.20 Å². The fraction of sp³-hybridized carbons (Fsp3) is 0.267. The van der Waals surface area contributed by atoms with Crippen molar-refractivity contribution in [1.29, 1.82) is 0 Å². The van der Waals surface area contributed by atoms with Crippen molar-refractivity contribution in [3.63, 3.8) is 0 Å². The van der Waals surface area contributed by atoms with Gasteiger partial charge >= 0.3 is 0 Å². The molecule has 0 radical (unpaired) electrons. The Bertz CT molecular complexity index is 517. The summed E-state index contributed by atoms with van der Waals surface area (Å²) in [6, 6.07) is 11.9. The Labute approximate surface area is 122 Å². The third-order valence-corrected chi connectivity index (χ3v) is 3.10. The van der Waals surface area contributed by atoms with E-state index in [9.17, 15) is 0 Å². The van der Waals surface area contributed by atoms with Crippen LogP contribution in [0.3, 0.4) is 0 Å². The number of nitrogens with one attached hydrogen (secondary N) is 1. The van der Waals surface area contributed by atoms with Crippen molar-refractivity contribution in [2.45, 2.75) is 19.9 Å². The summed E-state index contributed by atoms with van der Waals surface area (Å²) in [6.45, 7) is 3.53. The zero-order valence-corrected chi connectivity index (χ0v) is 12.5. The van der Waals surface area contributed by atoms with E-state index in [2.05, 4.69) is 39.2 Å². The summed E-state index contributed by atoms with van der Waals surface area (Å²) in [6.07, 6.45) is 2.78. The molecule has 0 aliphatic rings. The van der Waals surface area contributed by atoms with Crippen molar-refractivity contribution >= 4 is 21.7 Å². The summed E-state index contributed by atoms with van der Waals surface area (Å²) in [5.74, 6) is 1.79. The van der Waals surface area contributed by atoms with Crippen LogP contribution < -0.4 is 10.1 Å². The highest BCUT2D eigenvalue weighted by Crippen LogP contribution is 2.24. The first-order valence-electron chi connectivity index (χ1n) is 6.35. The number of aromatic nitrogens is 1. The Morgan fingerprint density at radius 1 is 1.26 bits per heavy atom. The molecule has 1 aromatic carbocycles. The molecule has 0 fully saturated rings. The van der Waals surface area contributed by atoms with Gasteiger partial charge in [-0.3, -0.25) is 0 Å². The SMILES string of the molecule is CCCOc1ccc(Br)cc1CNc1ccccn1. The average Bonchev–Trinajstić information content (AvgIpc) is 2.45. The van der Waals surface area contributed by atoms with Crippen LogP contribution in [0.25, 0.3) is 0 Å². The van der Waals surface area contributed by atoms with Gasteiger partial charge in [-0.1, -0.05) is 28.9 Å². The molecule has 2 rings (SSSR count). The minimum absolute atomic E-state index is 0.690. The summed E-state index contributed by atoms with van der Waals surface area (Å²) in [4.78, 5) is 4.24. The van der Waals surface area contributed by atoms with Crippen LogP contribution in [-0.4, -0.2) is 11.6 Å². The molecule has 0 bridgehead atoms. The zero-order valence-electron chi connectivity index (χ0n) is 10.9. The molecular weight excluding hydrogens is 304 g/mol. The van der Waals surface area contributed by atoms with Gasteiger partial charge in [0.15, 0.2) is 0 Å². The molecule has 0 saturated carbocycles. The zero-order chi connectivity index (χ0) is 13.5. The molecule has 2 aromatic rings. The van der Waals surface area contributed by atoms with Gasteiger partial charge in [-0.15, -0.1) is 0 Å². The fourth-order valence-electron chi connectivity index (χ4n) is 1.69. The fourth-order valence-corrected chi connectivity index (χ4v) is 2.10. The number of anilines is 1. The lowest BCUT2D eigenvalue weighted by molar-refractivity contribution is 0.314. The lowest BCUT2D eigenvalue weighted by atomic mass is 10.2. The minimum atomic E-state index is 0.690. The first kappa shape index (κ1) is 13.9. The van der Waals surface area contributed by atoms with Gasteiger partial charge < -0.3 is 10.1 Å². The van der Waals surface area contributed by atoms with Crippen molar-refractivity contribution in [2.75, 3.05) is 11.9 Å². The third kappa shape index (κ3) is 4.24. The Morgan fingerprint density at radius 3 is 2.89 bits per heavy atom. The maximum absolute atomic E-state index is 5.75. The van der Waals surface area contributed by atoms with Gasteiger partial charge in [-0.2, -0.15) is 0 Å². The molecule has 0 aliphatic carbocycles. The highest BCUT2D eigenvalue weighted by atomic mass is 79.9. The number of hydrogen-bond acceptors (Lipinski definition) is 3. The van der Waals surface area contributed by atoms with E-state index in [1.165, 1.54) is 0 Å². The average molecular weight is 321 g/mol. The van der Waals surface area contributed by atoms with Gasteiger partial charge in [0.2, 0.25) is 0 Å². The molecule has 0 unspecified atom stereocenters. The molecule has 1 aromatic heterocycles. The monoisotopic (exact) mass is 320 g/mol. The molecule has 0 spiro atoms. The van der Waals surface area contributed by atoms with Crippen LogP contribution in [0.4, 0.5) is 5.82 Å². The number of benzene rings is 1. The molecule has 0 amide bonds. The van der Waals surface area contributed by atoms with Crippen molar-refractivity contribution in [3.05, 3.63) is 52.6 Å². The first-order valence-corrected chi connectivity index (χ1v) is 7.15. The molecule has 3 nitrogen and oxygen atoms in total.